The van der Waals surface area contributed by atoms with Gasteiger partial charge in [-0.2, -0.15) is 0 Å². The van der Waals surface area contributed by atoms with Crippen LogP contribution in [0.5, 0.6) is 0 Å². The van der Waals surface area contributed by atoms with Crippen LogP contribution in [0.4, 0.5) is 0 Å². The Morgan fingerprint density at radius 3 is 0.978 bits per heavy atom. The van der Waals surface area contributed by atoms with Crippen LogP contribution in [0.15, 0.2) is 0 Å². The molecule has 0 aliphatic heterocycles. The number of unbranched alkanes of at least 4 members (excludes halogenated alkanes) is 16. The molecule has 0 spiro atoms. The number of rotatable bonds is 32. The first-order valence-corrected chi connectivity index (χ1v) is 18.8. The molecule has 0 radical (unpaired) electrons. The van der Waals surface area contributed by atoms with Crippen molar-refractivity contribution < 1.29 is 52.5 Å². The Morgan fingerprint density at radius 2 is 0.667 bits per heavy atom. The highest BCUT2D eigenvalue weighted by atomic mass is 79.9. The van der Waals surface area contributed by atoms with Gasteiger partial charge in [0.05, 0.1) is 54.4 Å². The number of halogens is 2. The molecule has 0 heterocycles. The number of hydrogen-bond donors (Lipinski definition) is 2. The summed E-state index contributed by atoms with van der Waals surface area (Å²) < 4.78 is 2.01. The number of quaternary nitrogens is 2. The SMILES string of the molecule is CCCCCCCCCCCC(=O)NCCC[N+](C)(C)CCC[N+](C)(C)CCCNC(=O)CCCCCCCCCCC.[Br-].[Br-]. The molecule has 45 heavy (non-hydrogen) atoms. The lowest BCUT2D eigenvalue weighted by molar-refractivity contribution is -0.909. The number of nitrogens with one attached hydrogen (secondary N) is 2. The second-order valence-corrected chi connectivity index (χ2v) is 14.7. The van der Waals surface area contributed by atoms with Crippen molar-refractivity contribution in [3.63, 3.8) is 0 Å². The summed E-state index contributed by atoms with van der Waals surface area (Å²) in [4.78, 5) is 24.4. The van der Waals surface area contributed by atoms with E-state index in [9.17, 15) is 9.59 Å². The zero-order valence-corrected chi connectivity index (χ0v) is 34.1. The van der Waals surface area contributed by atoms with Gasteiger partial charge >= 0.3 is 0 Å². The lowest BCUT2D eigenvalue weighted by Crippen LogP contribution is -3.00. The van der Waals surface area contributed by atoms with Crippen molar-refractivity contribution >= 4 is 11.8 Å². The third-order valence-electron chi connectivity index (χ3n) is 9.07. The van der Waals surface area contributed by atoms with E-state index in [1.165, 1.54) is 109 Å². The maximum absolute atomic E-state index is 12.2. The van der Waals surface area contributed by atoms with Gasteiger partial charge in [0.2, 0.25) is 11.8 Å². The van der Waals surface area contributed by atoms with E-state index in [-0.39, 0.29) is 45.8 Å². The molecule has 0 saturated carbocycles. The van der Waals surface area contributed by atoms with Gasteiger partial charge in [0.1, 0.15) is 0 Å². The smallest absolute Gasteiger partial charge is 0.219 e. The third kappa shape index (κ3) is 36.5. The number of carbonyl (C=O) groups is 2. The molecule has 0 fully saturated rings. The van der Waals surface area contributed by atoms with Gasteiger partial charge in [0.15, 0.2) is 0 Å². The van der Waals surface area contributed by atoms with Gasteiger partial charge < -0.3 is 53.6 Å². The van der Waals surface area contributed by atoms with Gasteiger partial charge in [-0.1, -0.05) is 117 Å². The molecule has 6 nitrogen and oxygen atoms in total. The van der Waals surface area contributed by atoms with Crippen LogP contribution >= 0.6 is 0 Å². The molecule has 0 atom stereocenters. The van der Waals surface area contributed by atoms with Crippen molar-refractivity contribution in [3.8, 4) is 0 Å². The molecule has 0 bridgehead atoms. The van der Waals surface area contributed by atoms with Crippen LogP contribution in [0.3, 0.4) is 0 Å². The predicted octanol–water partition coefficient (Wildman–Crippen LogP) is 2.39. The molecule has 0 aromatic carbocycles. The van der Waals surface area contributed by atoms with Crippen molar-refractivity contribution in [3.05, 3.63) is 0 Å². The molecule has 0 saturated heterocycles. The van der Waals surface area contributed by atoms with Crippen LogP contribution in [0.1, 0.15) is 162 Å². The Hall–Kier alpha value is -0.180. The van der Waals surface area contributed by atoms with Crippen molar-refractivity contribution in [2.75, 3.05) is 67.5 Å². The van der Waals surface area contributed by atoms with Crippen LogP contribution in [0.25, 0.3) is 0 Å². The number of nitrogens with zero attached hydrogens (tertiary/aromatic N) is 2. The molecule has 272 valence electrons. The fourth-order valence-corrected chi connectivity index (χ4v) is 5.99. The minimum Gasteiger partial charge on any atom is -1.00 e. The first-order valence-electron chi connectivity index (χ1n) is 18.8. The second-order valence-electron chi connectivity index (χ2n) is 14.7. The minimum atomic E-state index is 0. The average molecular weight is 771 g/mol. The summed E-state index contributed by atoms with van der Waals surface area (Å²) in [6.07, 6.45) is 27.9. The molecule has 8 heteroatoms. The molecule has 2 N–H and O–H groups in total. The van der Waals surface area contributed by atoms with Crippen LogP contribution < -0.4 is 44.6 Å². The quantitative estimate of drug-likeness (QED) is 0.0817. The standard InChI is InChI=1S/C37H76N4O2.2BrH/c1-7-9-11-13-15-17-19-21-23-28-36(42)38-30-25-32-40(3,4)34-27-35-41(5,6)33-26-31-39-37(43)29-24-22-20-18-16-14-12-10-8-2;;/h7-35H2,1-6H3;2*1H. The second kappa shape index (κ2) is 33.7. The van der Waals surface area contributed by atoms with Crippen molar-refractivity contribution in [2.24, 2.45) is 0 Å². The molecular formula is C37H78Br2N4O2. The van der Waals surface area contributed by atoms with E-state index in [4.69, 9.17) is 0 Å². The van der Waals surface area contributed by atoms with Gasteiger partial charge in [0.25, 0.3) is 0 Å². The predicted molar refractivity (Wildman–Crippen MR) is 187 cm³/mol. The van der Waals surface area contributed by atoms with Crippen molar-refractivity contribution in [1.29, 1.82) is 0 Å². The Kier molecular flexibility index (Phi) is 36.9. The maximum atomic E-state index is 12.2. The zero-order valence-electron chi connectivity index (χ0n) is 31.0. The van der Waals surface area contributed by atoms with Crippen molar-refractivity contribution in [2.45, 2.75) is 162 Å². The van der Waals surface area contributed by atoms with E-state index in [1.807, 2.05) is 0 Å². The van der Waals surface area contributed by atoms with E-state index in [0.29, 0.717) is 12.8 Å². The van der Waals surface area contributed by atoms with E-state index in [0.717, 1.165) is 73.9 Å². The van der Waals surface area contributed by atoms with Gasteiger partial charge in [-0.3, -0.25) is 9.59 Å². The first-order chi connectivity index (χ1) is 20.6. The Bertz CT molecular complexity index is 608. The van der Waals surface area contributed by atoms with Crippen LogP contribution in [0, 0.1) is 0 Å². The lowest BCUT2D eigenvalue weighted by Gasteiger charge is -2.33. The van der Waals surface area contributed by atoms with Crippen LogP contribution in [-0.4, -0.2) is 88.2 Å². The van der Waals surface area contributed by atoms with E-state index in [2.05, 4.69) is 52.7 Å². The summed E-state index contributed by atoms with van der Waals surface area (Å²) in [5.41, 5.74) is 0. The van der Waals surface area contributed by atoms with Gasteiger partial charge in [-0.05, 0) is 12.8 Å². The molecular weight excluding hydrogens is 692 g/mol. The molecule has 2 amide bonds. The number of carbonyl (C=O) groups excluding carboxylic acids is 2. The van der Waals surface area contributed by atoms with Crippen LogP contribution in [0.2, 0.25) is 0 Å². The molecule has 0 rings (SSSR count). The van der Waals surface area contributed by atoms with Crippen molar-refractivity contribution in [1.82, 2.24) is 10.6 Å². The van der Waals surface area contributed by atoms with Crippen LogP contribution in [-0.2, 0) is 9.59 Å². The first kappa shape index (κ1) is 49.2. The molecule has 0 aliphatic rings. The fraction of sp³-hybridized carbons (Fsp3) is 0.946. The topological polar surface area (TPSA) is 58.2 Å². The lowest BCUT2D eigenvalue weighted by atomic mass is 10.1. The summed E-state index contributed by atoms with van der Waals surface area (Å²) in [5.74, 6) is 0.457. The summed E-state index contributed by atoms with van der Waals surface area (Å²) in [7, 11) is 9.25. The molecule has 0 aliphatic carbocycles. The van der Waals surface area contributed by atoms with E-state index < -0.39 is 0 Å². The molecule has 0 unspecified atom stereocenters. The fourth-order valence-electron chi connectivity index (χ4n) is 5.99. The van der Waals surface area contributed by atoms with Gasteiger partial charge in [-0.15, -0.1) is 0 Å². The molecule has 0 aromatic heterocycles. The largest absolute Gasteiger partial charge is 1.00 e. The highest BCUT2D eigenvalue weighted by Gasteiger charge is 2.19. The Morgan fingerprint density at radius 1 is 0.400 bits per heavy atom. The Labute approximate surface area is 302 Å². The number of amides is 2. The van der Waals surface area contributed by atoms with E-state index in [1.54, 1.807) is 0 Å². The monoisotopic (exact) mass is 768 g/mol. The summed E-state index contributed by atoms with van der Waals surface area (Å²) in [6, 6.07) is 0. The summed E-state index contributed by atoms with van der Waals surface area (Å²) in [5, 5.41) is 6.28. The molecule has 0 aromatic rings. The third-order valence-corrected chi connectivity index (χ3v) is 9.07. The van der Waals surface area contributed by atoms with E-state index >= 15 is 0 Å². The maximum Gasteiger partial charge on any atom is 0.219 e. The van der Waals surface area contributed by atoms with Gasteiger partial charge in [0, 0.05) is 45.2 Å². The van der Waals surface area contributed by atoms with Gasteiger partial charge in [-0.25, -0.2) is 0 Å². The highest BCUT2D eigenvalue weighted by Crippen LogP contribution is 2.12. The zero-order chi connectivity index (χ0) is 32.1. The Balaban J connectivity index is -0.00000882. The summed E-state index contributed by atoms with van der Waals surface area (Å²) >= 11 is 0. The minimum absolute atomic E-state index is 0. The normalized spacial score (nSPS) is 11.5. The highest BCUT2D eigenvalue weighted by molar-refractivity contribution is 5.76. The summed E-state index contributed by atoms with van der Waals surface area (Å²) in [6.45, 7) is 10.6. The number of hydrogen-bond acceptors (Lipinski definition) is 2. The average Bonchev–Trinajstić information content (AvgIpc) is 2.95.